The van der Waals surface area contributed by atoms with Crippen molar-refractivity contribution in [1.29, 1.82) is 0 Å². The monoisotopic (exact) mass is 254 g/mol. The minimum Gasteiger partial charge on any atom is -0.278 e. The Balaban J connectivity index is 1.90. The van der Waals surface area contributed by atoms with Crippen LogP contribution in [0.25, 0.3) is 10.9 Å². The number of hydrogen-bond donors (Lipinski definition) is 1. The van der Waals surface area contributed by atoms with Gasteiger partial charge >= 0.3 is 0 Å². The van der Waals surface area contributed by atoms with Crippen LogP contribution in [0.2, 0.25) is 0 Å². The maximum absolute atomic E-state index is 10.5. The Morgan fingerprint density at radius 1 is 1.16 bits per heavy atom. The number of aromatic nitrogens is 2. The van der Waals surface area contributed by atoms with Gasteiger partial charge in [-0.05, 0) is 18.2 Å². The van der Waals surface area contributed by atoms with Gasteiger partial charge in [0.15, 0.2) is 0 Å². The van der Waals surface area contributed by atoms with Crippen LogP contribution in [0.5, 0.6) is 0 Å². The summed E-state index contributed by atoms with van der Waals surface area (Å²) in [5.41, 5.74) is 4.07. The van der Waals surface area contributed by atoms with E-state index >= 15 is 0 Å². The van der Waals surface area contributed by atoms with E-state index in [0.29, 0.717) is 5.82 Å². The van der Waals surface area contributed by atoms with Crippen molar-refractivity contribution in [1.82, 2.24) is 9.66 Å². The number of pyridine rings is 1. The molecule has 0 spiro atoms. The molecule has 0 unspecified atom stereocenters. The van der Waals surface area contributed by atoms with E-state index in [1.165, 1.54) is 12.3 Å². The molecule has 0 radical (unpaired) electrons. The highest BCUT2D eigenvalue weighted by Gasteiger charge is 2.06. The fourth-order valence-corrected chi connectivity index (χ4v) is 1.86. The van der Waals surface area contributed by atoms with Crippen LogP contribution in [0.15, 0.2) is 54.9 Å². The van der Waals surface area contributed by atoms with Gasteiger partial charge in [0.05, 0.1) is 10.4 Å². The normalized spacial score (nSPS) is 10.5. The molecule has 19 heavy (non-hydrogen) atoms. The molecule has 6 heteroatoms. The van der Waals surface area contributed by atoms with Crippen molar-refractivity contribution in [3.05, 3.63) is 65.0 Å². The van der Waals surface area contributed by atoms with E-state index in [1.807, 2.05) is 41.2 Å². The van der Waals surface area contributed by atoms with Gasteiger partial charge in [-0.2, -0.15) is 0 Å². The largest absolute Gasteiger partial charge is 0.287 e. The third-order valence-corrected chi connectivity index (χ3v) is 2.79. The van der Waals surface area contributed by atoms with Gasteiger partial charge < -0.3 is 0 Å². The van der Waals surface area contributed by atoms with E-state index in [0.717, 1.165) is 10.9 Å². The van der Waals surface area contributed by atoms with Crippen LogP contribution in [0, 0.1) is 10.1 Å². The third kappa shape index (κ3) is 2.11. The summed E-state index contributed by atoms with van der Waals surface area (Å²) in [6, 6.07) is 12.9. The summed E-state index contributed by atoms with van der Waals surface area (Å²) in [4.78, 5) is 14.1. The zero-order valence-electron chi connectivity index (χ0n) is 9.85. The van der Waals surface area contributed by atoms with Gasteiger partial charge in [-0.3, -0.25) is 20.2 Å². The predicted octanol–water partition coefficient (Wildman–Crippen LogP) is 2.82. The van der Waals surface area contributed by atoms with Crippen molar-refractivity contribution in [3.63, 3.8) is 0 Å². The molecule has 0 saturated heterocycles. The third-order valence-electron chi connectivity index (χ3n) is 2.79. The fourth-order valence-electron chi connectivity index (χ4n) is 1.86. The smallest absolute Gasteiger partial charge is 0.278 e. The molecule has 0 aliphatic carbocycles. The molecule has 3 aromatic rings. The summed E-state index contributed by atoms with van der Waals surface area (Å²) in [7, 11) is 0. The molecule has 1 aromatic carbocycles. The van der Waals surface area contributed by atoms with Crippen molar-refractivity contribution < 1.29 is 4.92 Å². The van der Waals surface area contributed by atoms with E-state index < -0.39 is 4.92 Å². The molecule has 0 saturated carbocycles. The van der Waals surface area contributed by atoms with Gasteiger partial charge in [0, 0.05) is 17.6 Å². The number of para-hydroxylation sites is 1. The first-order valence-corrected chi connectivity index (χ1v) is 5.67. The number of anilines is 1. The number of benzene rings is 1. The molecular weight excluding hydrogens is 244 g/mol. The van der Waals surface area contributed by atoms with Crippen LogP contribution in [0.1, 0.15) is 0 Å². The van der Waals surface area contributed by atoms with Crippen LogP contribution >= 0.6 is 0 Å². The van der Waals surface area contributed by atoms with Gasteiger partial charge in [-0.25, -0.2) is 4.98 Å². The molecule has 94 valence electrons. The molecule has 6 nitrogen and oxygen atoms in total. The Labute approximate surface area is 108 Å². The number of nitro groups is 1. The fraction of sp³-hybridized carbons (Fsp3) is 0. The summed E-state index contributed by atoms with van der Waals surface area (Å²) in [6.45, 7) is 0. The van der Waals surface area contributed by atoms with Crippen molar-refractivity contribution in [3.8, 4) is 0 Å². The Hall–Kier alpha value is -2.89. The average Bonchev–Trinajstić information content (AvgIpc) is 2.83. The molecule has 0 atom stereocenters. The lowest BCUT2D eigenvalue weighted by Crippen LogP contribution is -2.08. The van der Waals surface area contributed by atoms with Gasteiger partial charge in [0.2, 0.25) is 0 Å². The second kappa shape index (κ2) is 4.41. The maximum Gasteiger partial charge on any atom is 0.287 e. The number of nitrogens with one attached hydrogen (secondary N) is 1. The van der Waals surface area contributed by atoms with Crippen LogP contribution in [0.4, 0.5) is 11.5 Å². The van der Waals surface area contributed by atoms with E-state index in [2.05, 4.69) is 10.4 Å². The first-order chi connectivity index (χ1) is 9.24. The van der Waals surface area contributed by atoms with Crippen LogP contribution in [-0.2, 0) is 0 Å². The van der Waals surface area contributed by atoms with Crippen LogP contribution in [-0.4, -0.2) is 14.6 Å². The highest BCUT2D eigenvalue weighted by molar-refractivity contribution is 5.80. The van der Waals surface area contributed by atoms with Crippen LogP contribution in [0.3, 0.4) is 0 Å². The molecular formula is C13H10N4O2. The van der Waals surface area contributed by atoms with Gasteiger partial charge in [-0.1, -0.05) is 18.2 Å². The lowest BCUT2D eigenvalue weighted by molar-refractivity contribution is -0.385. The summed E-state index contributed by atoms with van der Waals surface area (Å²) in [6.07, 6.45) is 3.11. The molecule has 0 aliphatic heterocycles. The molecule has 1 N–H and O–H groups in total. The molecule has 0 bridgehead atoms. The Kier molecular flexibility index (Phi) is 2.60. The van der Waals surface area contributed by atoms with E-state index in [1.54, 1.807) is 6.07 Å². The number of hydrogen-bond acceptors (Lipinski definition) is 4. The topological polar surface area (TPSA) is 73.0 Å². The lowest BCUT2D eigenvalue weighted by atomic mass is 10.3. The van der Waals surface area contributed by atoms with E-state index in [4.69, 9.17) is 0 Å². The van der Waals surface area contributed by atoms with Crippen molar-refractivity contribution in [2.24, 2.45) is 0 Å². The predicted molar refractivity (Wildman–Crippen MR) is 71.9 cm³/mol. The van der Waals surface area contributed by atoms with E-state index in [9.17, 15) is 10.1 Å². The minimum absolute atomic E-state index is 0.0251. The first kappa shape index (κ1) is 11.2. The number of rotatable bonds is 3. The first-order valence-electron chi connectivity index (χ1n) is 5.67. The molecule has 0 amide bonds. The quantitative estimate of drug-likeness (QED) is 0.576. The molecule has 0 aliphatic rings. The van der Waals surface area contributed by atoms with Gasteiger partial charge in [0.25, 0.3) is 5.69 Å². The van der Waals surface area contributed by atoms with Crippen molar-refractivity contribution in [2.75, 3.05) is 5.43 Å². The van der Waals surface area contributed by atoms with Crippen molar-refractivity contribution in [2.45, 2.75) is 0 Å². The Bertz CT molecular complexity index is 734. The summed E-state index contributed by atoms with van der Waals surface area (Å²) in [5.74, 6) is 0.548. The average molecular weight is 254 g/mol. The maximum atomic E-state index is 10.5. The van der Waals surface area contributed by atoms with Gasteiger partial charge in [0.1, 0.15) is 12.0 Å². The molecule has 2 aromatic heterocycles. The summed E-state index contributed by atoms with van der Waals surface area (Å²) < 4.78 is 1.82. The highest BCUT2D eigenvalue weighted by atomic mass is 16.6. The minimum atomic E-state index is -0.470. The number of fused-ring (bicyclic) bond motifs is 1. The lowest BCUT2D eigenvalue weighted by Gasteiger charge is -2.07. The standard InChI is InChI=1S/C13H10N4O2/c18-17(19)11-5-6-13(14-9-11)15-16-8-7-10-3-1-2-4-12(10)16/h1-9H,(H,14,15). The van der Waals surface area contributed by atoms with Gasteiger partial charge in [-0.15, -0.1) is 0 Å². The summed E-state index contributed by atoms with van der Waals surface area (Å²) >= 11 is 0. The Morgan fingerprint density at radius 3 is 2.74 bits per heavy atom. The Morgan fingerprint density at radius 2 is 2.00 bits per heavy atom. The molecule has 0 fully saturated rings. The van der Waals surface area contributed by atoms with Crippen LogP contribution < -0.4 is 5.43 Å². The van der Waals surface area contributed by atoms with E-state index in [-0.39, 0.29) is 5.69 Å². The highest BCUT2D eigenvalue weighted by Crippen LogP contribution is 2.16. The number of nitrogens with zero attached hydrogens (tertiary/aromatic N) is 3. The molecule has 3 rings (SSSR count). The summed E-state index contributed by atoms with van der Waals surface area (Å²) in [5, 5.41) is 11.7. The zero-order valence-corrected chi connectivity index (χ0v) is 9.85. The zero-order chi connectivity index (χ0) is 13.2. The second-order valence-electron chi connectivity index (χ2n) is 4.02. The second-order valence-corrected chi connectivity index (χ2v) is 4.02. The SMILES string of the molecule is O=[N+]([O-])c1ccc(Nn2ccc3ccccc32)nc1. The molecule has 2 heterocycles. The van der Waals surface area contributed by atoms with Crippen molar-refractivity contribution >= 4 is 22.4 Å².